The summed E-state index contributed by atoms with van der Waals surface area (Å²) < 4.78 is 34.9. The molecule has 0 aromatic heterocycles. The van der Waals surface area contributed by atoms with Crippen molar-refractivity contribution in [2.24, 2.45) is 23.7 Å². The number of amides is 2. The van der Waals surface area contributed by atoms with E-state index in [2.05, 4.69) is 66.5 Å². The number of nitrogens with one attached hydrogen (secondary N) is 3. The van der Waals surface area contributed by atoms with Gasteiger partial charge in [0.25, 0.3) is 5.91 Å². The Kier molecular flexibility index (Phi) is 31.0. The molecule has 3 N–H and O–H groups in total. The first-order chi connectivity index (χ1) is 44.6. The van der Waals surface area contributed by atoms with Crippen LogP contribution in [-0.2, 0) is 54.1 Å². The summed E-state index contributed by atoms with van der Waals surface area (Å²) in [5.41, 5.74) is 0.295. The smallest absolute Gasteiger partial charge is 0.332 e. The fraction of sp³-hybridized carbons (Fsp3) is 0.716. The Morgan fingerprint density at radius 2 is 1.19 bits per heavy atom. The van der Waals surface area contributed by atoms with Gasteiger partial charge >= 0.3 is 23.9 Å². The van der Waals surface area contributed by atoms with Crippen LogP contribution < -0.4 is 20.1 Å². The lowest BCUT2D eigenvalue weighted by atomic mass is 9.56. The molecule has 1 saturated heterocycles. The van der Waals surface area contributed by atoms with Crippen LogP contribution >= 0.6 is 0 Å². The van der Waals surface area contributed by atoms with Crippen LogP contribution in [0, 0.1) is 29.1 Å². The molecule has 2 aromatic carbocycles. The third kappa shape index (κ3) is 26.3. The normalized spacial score (nSPS) is 20.8. The molecule has 0 spiro atoms. The van der Waals surface area contributed by atoms with Crippen molar-refractivity contribution < 1.29 is 57.2 Å². The predicted molar refractivity (Wildman–Crippen MR) is 376 cm³/mol. The highest BCUT2D eigenvalue weighted by molar-refractivity contribution is 6.43. The van der Waals surface area contributed by atoms with Gasteiger partial charge in [-0.05, 0) is 205 Å². The lowest BCUT2D eigenvalue weighted by Gasteiger charge is -2.53. The highest BCUT2D eigenvalue weighted by atomic mass is 16.6. The molecule has 2 aliphatic carbocycles. The van der Waals surface area contributed by atoms with Crippen molar-refractivity contribution in [3.63, 3.8) is 0 Å². The van der Waals surface area contributed by atoms with E-state index in [0.717, 1.165) is 88.5 Å². The summed E-state index contributed by atoms with van der Waals surface area (Å²) in [5, 5.41) is 16.2. The third-order valence-electron chi connectivity index (χ3n) is 18.1. The fourth-order valence-corrected chi connectivity index (χ4v) is 13.4. The summed E-state index contributed by atoms with van der Waals surface area (Å²) in [4.78, 5) is 94.9. The number of carbonyl (C=O) groups is 6. The van der Waals surface area contributed by atoms with Gasteiger partial charge in [0, 0.05) is 71.6 Å². The summed E-state index contributed by atoms with van der Waals surface area (Å²) in [6.45, 7) is 33.9. The third-order valence-corrected chi connectivity index (χ3v) is 18.1. The molecule has 2 amide bonds. The van der Waals surface area contributed by atoms with Gasteiger partial charge in [-0.25, -0.2) is 4.79 Å². The largest absolute Gasteiger partial charge is 0.496 e. The zero-order valence-corrected chi connectivity index (χ0v) is 61.4. The van der Waals surface area contributed by atoms with Crippen molar-refractivity contribution in [2.75, 3.05) is 138 Å². The molecule has 95 heavy (non-hydrogen) atoms. The van der Waals surface area contributed by atoms with Gasteiger partial charge < -0.3 is 48.9 Å². The first-order valence-corrected chi connectivity index (χ1v) is 35.0. The van der Waals surface area contributed by atoms with Gasteiger partial charge in [0.2, 0.25) is 5.91 Å². The average molecular weight is 1330 g/mol. The van der Waals surface area contributed by atoms with Crippen LogP contribution in [0.15, 0.2) is 42.5 Å². The number of likely N-dealkylation sites (N-methyl/N-ethyl adjacent to an activating group) is 1. The molecule has 3 aliphatic rings. The van der Waals surface area contributed by atoms with E-state index in [1.54, 1.807) is 19.1 Å². The van der Waals surface area contributed by atoms with Gasteiger partial charge in [0.1, 0.15) is 39.6 Å². The van der Waals surface area contributed by atoms with Crippen LogP contribution in [0.4, 0.5) is 5.69 Å². The molecule has 1 heterocycles. The Labute approximate surface area is 569 Å². The first kappa shape index (κ1) is 79.6. The molecular formula is C74H121N9O12. The van der Waals surface area contributed by atoms with E-state index in [4.69, 9.17) is 28.4 Å². The van der Waals surface area contributed by atoms with Gasteiger partial charge in [-0.3, -0.25) is 49.0 Å². The number of ether oxygens (including phenoxy) is 6. The minimum Gasteiger partial charge on any atom is -0.496 e. The molecule has 5 rings (SSSR count). The minimum atomic E-state index is -1.30. The summed E-state index contributed by atoms with van der Waals surface area (Å²) in [5.74, 6) is -0.537. The highest BCUT2D eigenvalue weighted by Gasteiger charge is 2.58. The van der Waals surface area contributed by atoms with Crippen molar-refractivity contribution in [3.05, 3.63) is 59.2 Å². The average Bonchev–Trinajstić information content (AvgIpc) is 0.741. The number of unbranched alkanes of at least 4 members (excludes halogenated alkanes) is 2. The molecule has 21 nitrogen and oxygen atoms in total. The Morgan fingerprint density at radius 1 is 0.663 bits per heavy atom. The standard InChI is InChI=1S/C74H121N9O12/c1-19-20-41-92-65(85)49-81-37-39-82(50-66(86)93-71(6,7)8)35-33-80(34-36-83(40-38-81)51-67(87)94-72(9,10)11)48-64(84)79(16)32-24-31-78(15)30-22-21-25-55-28-29-60(58(46-55)52(2)3)76-61(68-62(90-17)26-23-27-63(68)91-18)47-59(75)69(88)77-74(70(89)95-73(12,13)14)54(5)44-56-42-53(4)43-57(74)45-56/h23,26-29,46-47,52-54,56-57,75-76H,19-22,24-25,30-45,48-51H2,1-18H3,(H,77,88)/b61-47-,75-59?. The summed E-state index contributed by atoms with van der Waals surface area (Å²) in [6, 6.07) is 11.9. The van der Waals surface area contributed by atoms with Gasteiger partial charge in [-0.1, -0.05) is 59.2 Å². The molecule has 21 heteroatoms. The van der Waals surface area contributed by atoms with Crippen molar-refractivity contribution in [3.8, 4) is 11.5 Å². The zero-order chi connectivity index (χ0) is 70.4. The summed E-state index contributed by atoms with van der Waals surface area (Å²) in [6.07, 6.45) is 10.2. The summed E-state index contributed by atoms with van der Waals surface area (Å²) in [7, 11) is 7.11. The number of benzene rings is 2. The van der Waals surface area contributed by atoms with Crippen LogP contribution in [0.2, 0.25) is 0 Å². The number of hydrogen-bond acceptors (Lipinski definition) is 19. The molecule has 534 valence electrons. The Morgan fingerprint density at radius 3 is 1.71 bits per heavy atom. The number of hydrogen-bond donors (Lipinski definition) is 3. The van der Waals surface area contributed by atoms with E-state index in [0.29, 0.717) is 100 Å². The molecular weight excluding hydrogens is 1210 g/mol. The molecule has 5 atom stereocenters. The van der Waals surface area contributed by atoms with Crippen molar-refractivity contribution in [1.82, 2.24) is 34.7 Å². The Bertz CT molecular complexity index is 2810. The van der Waals surface area contributed by atoms with Crippen LogP contribution in [0.5, 0.6) is 11.5 Å². The quantitative estimate of drug-likeness (QED) is 0.0286. The minimum absolute atomic E-state index is 0.0175. The van der Waals surface area contributed by atoms with Gasteiger partial charge in [-0.2, -0.15) is 0 Å². The van der Waals surface area contributed by atoms with Gasteiger partial charge in [0.05, 0.1) is 58.3 Å². The molecule has 3 fully saturated rings. The molecule has 2 bridgehead atoms. The number of methoxy groups -OCH3 is 2. The molecule has 5 unspecified atom stereocenters. The van der Waals surface area contributed by atoms with Crippen LogP contribution in [0.3, 0.4) is 0 Å². The molecule has 2 aromatic rings. The number of rotatable bonds is 30. The zero-order valence-electron chi connectivity index (χ0n) is 61.4. The number of anilines is 1. The Balaban J connectivity index is 1.22. The van der Waals surface area contributed by atoms with Crippen LogP contribution in [0.1, 0.15) is 177 Å². The number of aryl methyl sites for hydroxylation is 1. The Hall–Kier alpha value is -6.13. The maximum atomic E-state index is 14.6. The maximum absolute atomic E-state index is 14.6. The predicted octanol–water partition coefficient (Wildman–Crippen LogP) is 9.94. The van der Waals surface area contributed by atoms with Crippen LogP contribution in [0.25, 0.3) is 5.70 Å². The van der Waals surface area contributed by atoms with Gasteiger partial charge in [-0.15, -0.1) is 0 Å². The van der Waals surface area contributed by atoms with E-state index in [-0.39, 0.29) is 73.5 Å². The monoisotopic (exact) mass is 1330 g/mol. The SMILES string of the molecule is CCCCOC(=O)CN1CCN(CC(=O)OC(C)(C)C)CCN(CC(=O)N(C)CCCN(C)CCCCc2ccc(N/C(=C\C(=N)C(=O)NC3(C(=O)OC(C)(C)C)C(C)CC4CC(C)CC3C4)c3c(OC)cccc3OC)c(C(C)C)c2)CCN(CC(=O)OC(C)(C)C)CC1. The van der Waals surface area contributed by atoms with E-state index >= 15 is 0 Å². The van der Waals surface area contributed by atoms with E-state index < -0.39 is 34.2 Å². The number of carbonyl (C=O) groups excluding carboxylic acids is 6. The lowest BCUT2D eigenvalue weighted by Crippen LogP contribution is -2.68. The van der Waals surface area contributed by atoms with E-state index in [9.17, 15) is 34.2 Å². The lowest BCUT2D eigenvalue weighted by molar-refractivity contribution is -0.175. The van der Waals surface area contributed by atoms with Crippen molar-refractivity contribution >= 4 is 52.8 Å². The second-order valence-corrected chi connectivity index (χ2v) is 30.3. The molecule has 1 aliphatic heterocycles. The second kappa shape index (κ2) is 37.0. The second-order valence-electron chi connectivity index (χ2n) is 30.3. The van der Waals surface area contributed by atoms with E-state index in [1.807, 2.05) is 116 Å². The fourth-order valence-electron chi connectivity index (χ4n) is 13.4. The van der Waals surface area contributed by atoms with Crippen molar-refractivity contribution in [1.29, 1.82) is 5.41 Å². The number of nitrogens with zero attached hydrogens (tertiary/aromatic N) is 6. The molecule has 2 saturated carbocycles. The maximum Gasteiger partial charge on any atom is 0.332 e. The highest BCUT2D eigenvalue weighted by Crippen LogP contribution is 2.51. The summed E-state index contributed by atoms with van der Waals surface area (Å²) >= 11 is 0. The number of fused-ring (bicyclic) bond motifs is 2. The van der Waals surface area contributed by atoms with Crippen LogP contribution in [-0.4, -0.2) is 226 Å². The van der Waals surface area contributed by atoms with Gasteiger partial charge in [0.15, 0.2) is 0 Å². The molecule has 0 radical (unpaired) electrons. The van der Waals surface area contributed by atoms with E-state index in [1.165, 1.54) is 11.6 Å². The first-order valence-electron chi connectivity index (χ1n) is 35.0. The van der Waals surface area contributed by atoms with Crippen molar-refractivity contribution in [2.45, 2.75) is 189 Å². The number of esters is 4. The topological polar surface area (TPSA) is 225 Å².